The Morgan fingerprint density at radius 3 is 2.86 bits per heavy atom. The minimum atomic E-state index is 0.370. The highest BCUT2D eigenvalue weighted by Gasteiger charge is 2.09. The van der Waals surface area contributed by atoms with Crippen molar-refractivity contribution in [3.05, 3.63) is 24.4 Å². The Morgan fingerprint density at radius 1 is 1.43 bits per heavy atom. The van der Waals surface area contributed by atoms with Crippen LogP contribution in [0, 0.1) is 0 Å². The molecule has 0 spiro atoms. The molecule has 0 aliphatic heterocycles. The fourth-order valence-electron chi connectivity index (χ4n) is 1.19. The molecule has 0 aromatic carbocycles. The van der Waals surface area contributed by atoms with E-state index in [2.05, 4.69) is 20.2 Å². The van der Waals surface area contributed by atoms with Gasteiger partial charge in [0.15, 0.2) is 5.82 Å². The van der Waals surface area contributed by atoms with E-state index in [4.69, 9.17) is 5.73 Å². The summed E-state index contributed by atoms with van der Waals surface area (Å²) in [6, 6.07) is 1.78. The summed E-state index contributed by atoms with van der Waals surface area (Å²) in [4.78, 5) is 7.92. The largest absolute Gasteiger partial charge is 0.324 e. The highest BCUT2D eigenvalue weighted by Crippen LogP contribution is 2.12. The van der Waals surface area contributed by atoms with Gasteiger partial charge in [-0.05, 0) is 6.07 Å². The Morgan fingerprint density at radius 2 is 2.29 bits per heavy atom. The average Bonchev–Trinajstić information content (AvgIpc) is 2.61. The SMILES string of the molecule is Cn1c(CN)nnc1-c1ccncn1. The van der Waals surface area contributed by atoms with Gasteiger partial charge in [-0.2, -0.15) is 0 Å². The normalized spacial score (nSPS) is 10.4. The molecule has 6 heteroatoms. The summed E-state index contributed by atoms with van der Waals surface area (Å²) >= 11 is 0. The van der Waals surface area contributed by atoms with Crippen LogP contribution >= 0.6 is 0 Å². The zero-order valence-electron chi connectivity index (χ0n) is 7.75. The van der Waals surface area contributed by atoms with Crippen LogP contribution in [0.25, 0.3) is 11.5 Å². The van der Waals surface area contributed by atoms with E-state index in [1.165, 1.54) is 6.33 Å². The first-order valence-corrected chi connectivity index (χ1v) is 4.17. The maximum absolute atomic E-state index is 5.49. The summed E-state index contributed by atoms with van der Waals surface area (Å²) < 4.78 is 1.82. The molecule has 2 heterocycles. The van der Waals surface area contributed by atoms with Crippen molar-refractivity contribution in [2.75, 3.05) is 0 Å². The van der Waals surface area contributed by atoms with Crippen molar-refractivity contribution in [3.63, 3.8) is 0 Å². The third-order valence-electron chi connectivity index (χ3n) is 1.96. The van der Waals surface area contributed by atoms with Gasteiger partial charge in [0.25, 0.3) is 0 Å². The second-order valence-electron chi connectivity index (χ2n) is 2.80. The number of hydrogen-bond acceptors (Lipinski definition) is 5. The van der Waals surface area contributed by atoms with Crippen molar-refractivity contribution in [1.29, 1.82) is 0 Å². The van der Waals surface area contributed by atoms with Crippen LogP contribution in [0.5, 0.6) is 0 Å². The summed E-state index contributed by atoms with van der Waals surface area (Å²) in [7, 11) is 1.86. The molecule has 0 radical (unpaired) electrons. The fourth-order valence-corrected chi connectivity index (χ4v) is 1.19. The molecule has 2 N–H and O–H groups in total. The Balaban J connectivity index is 2.48. The Bertz CT molecular complexity index is 421. The molecule has 0 saturated carbocycles. The molecule has 6 nitrogen and oxygen atoms in total. The van der Waals surface area contributed by atoms with E-state index in [1.807, 2.05) is 11.6 Å². The third kappa shape index (κ3) is 1.35. The second-order valence-corrected chi connectivity index (χ2v) is 2.80. The summed E-state index contributed by atoms with van der Waals surface area (Å²) in [6.45, 7) is 0.370. The van der Waals surface area contributed by atoms with Crippen LogP contribution < -0.4 is 5.73 Å². The number of nitrogens with two attached hydrogens (primary N) is 1. The summed E-state index contributed by atoms with van der Waals surface area (Å²) in [5.41, 5.74) is 6.23. The van der Waals surface area contributed by atoms with Crippen LogP contribution in [-0.4, -0.2) is 24.7 Å². The molecule has 2 aromatic rings. The lowest BCUT2D eigenvalue weighted by molar-refractivity contribution is 0.795. The minimum Gasteiger partial charge on any atom is -0.324 e. The highest BCUT2D eigenvalue weighted by atomic mass is 15.3. The molecule has 0 atom stereocenters. The van der Waals surface area contributed by atoms with Gasteiger partial charge in [-0.1, -0.05) is 0 Å². The highest BCUT2D eigenvalue weighted by molar-refractivity contribution is 5.47. The van der Waals surface area contributed by atoms with Gasteiger partial charge in [0.2, 0.25) is 0 Å². The van der Waals surface area contributed by atoms with E-state index in [0.29, 0.717) is 12.4 Å². The summed E-state index contributed by atoms with van der Waals surface area (Å²) in [6.07, 6.45) is 3.14. The number of nitrogens with zero attached hydrogens (tertiary/aromatic N) is 5. The van der Waals surface area contributed by atoms with E-state index in [0.717, 1.165) is 11.5 Å². The van der Waals surface area contributed by atoms with E-state index in [-0.39, 0.29) is 0 Å². The molecule has 0 bridgehead atoms. The lowest BCUT2D eigenvalue weighted by Gasteiger charge is -2.00. The number of hydrogen-bond donors (Lipinski definition) is 1. The van der Waals surface area contributed by atoms with Crippen LogP contribution in [0.2, 0.25) is 0 Å². The summed E-state index contributed by atoms with van der Waals surface area (Å²) in [5, 5.41) is 7.94. The molecule has 0 aliphatic carbocycles. The Kier molecular flexibility index (Phi) is 2.19. The molecule has 2 aromatic heterocycles. The maximum atomic E-state index is 5.49. The first kappa shape index (κ1) is 8.76. The topological polar surface area (TPSA) is 82.5 Å². The van der Waals surface area contributed by atoms with Crippen LogP contribution in [-0.2, 0) is 13.6 Å². The number of rotatable bonds is 2. The predicted octanol–water partition coefficient (Wildman–Crippen LogP) is -0.269. The van der Waals surface area contributed by atoms with E-state index in [1.54, 1.807) is 12.3 Å². The van der Waals surface area contributed by atoms with Gasteiger partial charge in [-0.3, -0.25) is 0 Å². The van der Waals surface area contributed by atoms with Crippen LogP contribution in [0.4, 0.5) is 0 Å². The van der Waals surface area contributed by atoms with Crippen LogP contribution in [0.3, 0.4) is 0 Å². The van der Waals surface area contributed by atoms with Gasteiger partial charge < -0.3 is 10.3 Å². The average molecular weight is 190 g/mol. The quantitative estimate of drug-likeness (QED) is 0.704. The molecular weight excluding hydrogens is 180 g/mol. The zero-order chi connectivity index (χ0) is 9.97. The molecule has 2 rings (SSSR count). The van der Waals surface area contributed by atoms with Crippen molar-refractivity contribution in [1.82, 2.24) is 24.7 Å². The van der Waals surface area contributed by atoms with Gasteiger partial charge in [0.05, 0.1) is 6.54 Å². The predicted molar refractivity (Wildman–Crippen MR) is 49.9 cm³/mol. The van der Waals surface area contributed by atoms with Crippen molar-refractivity contribution in [2.45, 2.75) is 6.54 Å². The van der Waals surface area contributed by atoms with Gasteiger partial charge in [0.1, 0.15) is 17.8 Å². The zero-order valence-corrected chi connectivity index (χ0v) is 7.75. The van der Waals surface area contributed by atoms with Crippen molar-refractivity contribution < 1.29 is 0 Å². The molecular formula is C8H10N6. The van der Waals surface area contributed by atoms with Crippen molar-refractivity contribution in [3.8, 4) is 11.5 Å². The molecule has 0 unspecified atom stereocenters. The summed E-state index contributed by atoms with van der Waals surface area (Å²) in [5.74, 6) is 1.44. The first-order valence-electron chi connectivity index (χ1n) is 4.17. The molecule has 0 aliphatic rings. The van der Waals surface area contributed by atoms with Crippen molar-refractivity contribution >= 4 is 0 Å². The van der Waals surface area contributed by atoms with E-state index < -0.39 is 0 Å². The molecule has 72 valence electrons. The van der Waals surface area contributed by atoms with Gasteiger partial charge >= 0.3 is 0 Å². The van der Waals surface area contributed by atoms with E-state index >= 15 is 0 Å². The van der Waals surface area contributed by atoms with Gasteiger partial charge in [-0.25, -0.2) is 9.97 Å². The molecule has 14 heavy (non-hydrogen) atoms. The second kappa shape index (κ2) is 3.51. The maximum Gasteiger partial charge on any atom is 0.182 e. The van der Waals surface area contributed by atoms with Gasteiger partial charge in [-0.15, -0.1) is 10.2 Å². The van der Waals surface area contributed by atoms with Crippen LogP contribution in [0.15, 0.2) is 18.6 Å². The number of aromatic nitrogens is 5. The molecule has 0 amide bonds. The smallest absolute Gasteiger partial charge is 0.182 e. The lowest BCUT2D eigenvalue weighted by atomic mass is 10.4. The van der Waals surface area contributed by atoms with Crippen LogP contribution in [0.1, 0.15) is 5.82 Å². The Labute approximate surface area is 80.8 Å². The Hall–Kier alpha value is -1.82. The molecule has 0 saturated heterocycles. The molecule has 0 fully saturated rings. The van der Waals surface area contributed by atoms with E-state index in [9.17, 15) is 0 Å². The fraction of sp³-hybridized carbons (Fsp3) is 0.250. The minimum absolute atomic E-state index is 0.370. The standard InChI is InChI=1S/C8H10N6/c1-14-7(4-9)12-13-8(14)6-2-3-10-5-11-6/h2-3,5H,4,9H2,1H3. The van der Waals surface area contributed by atoms with Gasteiger partial charge in [0, 0.05) is 13.2 Å². The van der Waals surface area contributed by atoms with Crippen molar-refractivity contribution in [2.24, 2.45) is 12.8 Å². The third-order valence-corrected chi connectivity index (χ3v) is 1.96. The monoisotopic (exact) mass is 190 g/mol. The first-order chi connectivity index (χ1) is 6.83. The lowest BCUT2D eigenvalue weighted by Crippen LogP contribution is -2.05.